The maximum Gasteiger partial charge on any atom is 0.220 e. The van der Waals surface area contributed by atoms with Crippen molar-refractivity contribution in [1.82, 2.24) is 5.32 Å². The number of carbonyl (C=O) groups excluding carboxylic acids is 3. The maximum absolute atomic E-state index is 13.7. The van der Waals surface area contributed by atoms with Crippen LogP contribution in [0.1, 0.15) is 103 Å². The second kappa shape index (κ2) is 10.6. The van der Waals surface area contributed by atoms with E-state index < -0.39 is 0 Å². The first kappa shape index (κ1) is 28.8. The lowest BCUT2D eigenvalue weighted by atomic mass is 9.44. The smallest absolute Gasteiger partial charge is 0.220 e. The van der Waals surface area contributed by atoms with E-state index in [9.17, 15) is 14.4 Å². The number of amides is 1. The molecule has 0 spiro atoms. The van der Waals surface area contributed by atoms with Crippen molar-refractivity contribution in [3.05, 3.63) is 17.0 Å². The van der Waals surface area contributed by atoms with Crippen molar-refractivity contribution in [2.75, 3.05) is 19.0 Å². The van der Waals surface area contributed by atoms with E-state index in [1.165, 1.54) is 9.88 Å². The lowest BCUT2D eigenvalue weighted by Gasteiger charge is -2.59. The molecule has 39 heavy (non-hydrogen) atoms. The summed E-state index contributed by atoms with van der Waals surface area (Å²) in [5.41, 5.74) is 0.257. The van der Waals surface area contributed by atoms with E-state index in [-0.39, 0.29) is 34.6 Å². The first-order valence-corrected chi connectivity index (χ1v) is 16.3. The van der Waals surface area contributed by atoms with Gasteiger partial charge in [0.25, 0.3) is 0 Å². The molecule has 0 radical (unpaired) electrons. The summed E-state index contributed by atoms with van der Waals surface area (Å²) >= 11 is 1.76. The molecule has 4 aliphatic rings. The number of anilines is 1. The molecule has 216 valence electrons. The highest BCUT2D eigenvalue weighted by Gasteiger charge is 2.63. The van der Waals surface area contributed by atoms with Crippen LogP contribution >= 0.6 is 11.3 Å². The molecule has 1 heterocycles. The van der Waals surface area contributed by atoms with Gasteiger partial charge in [-0.15, -0.1) is 11.3 Å². The van der Waals surface area contributed by atoms with Crippen molar-refractivity contribution in [2.24, 2.45) is 52.3 Å². The molecule has 1 aromatic rings. The zero-order valence-electron chi connectivity index (χ0n) is 25.2. The van der Waals surface area contributed by atoms with Gasteiger partial charge < -0.3 is 10.2 Å². The molecule has 4 aliphatic carbocycles. The number of Topliss-reactive ketones (excluding diaryl/α,β-unsaturated/α-hetero) is 2. The fourth-order valence-corrected chi connectivity index (χ4v) is 10.8. The van der Waals surface area contributed by atoms with E-state index >= 15 is 0 Å². The molecule has 5 rings (SSSR count). The lowest BCUT2D eigenvalue weighted by Crippen LogP contribution is -2.57. The monoisotopic (exact) mass is 554 g/mol. The van der Waals surface area contributed by atoms with Gasteiger partial charge in [-0.1, -0.05) is 34.6 Å². The average molecular weight is 555 g/mol. The van der Waals surface area contributed by atoms with Gasteiger partial charge in [0.15, 0.2) is 0 Å². The largest absolute Gasteiger partial charge is 0.370 e. The Morgan fingerprint density at radius 1 is 1.03 bits per heavy atom. The van der Waals surface area contributed by atoms with Crippen molar-refractivity contribution in [1.29, 1.82) is 0 Å². The van der Waals surface area contributed by atoms with E-state index in [1.54, 1.807) is 11.3 Å². The van der Waals surface area contributed by atoms with Gasteiger partial charge in [0.05, 0.1) is 11.0 Å². The average Bonchev–Trinajstić information content (AvgIpc) is 3.48. The third-order valence-electron chi connectivity index (χ3n) is 11.9. The van der Waals surface area contributed by atoms with Crippen LogP contribution in [-0.2, 0) is 14.4 Å². The predicted octanol–water partition coefficient (Wildman–Crippen LogP) is 7.06. The quantitative estimate of drug-likeness (QED) is 0.392. The second-order valence-corrected chi connectivity index (χ2v) is 15.7. The van der Waals surface area contributed by atoms with Gasteiger partial charge in [0.1, 0.15) is 11.6 Å². The van der Waals surface area contributed by atoms with Crippen molar-refractivity contribution in [3.63, 3.8) is 0 Å². The van der Waals surface area contributed by atoms with E-state index in [0.29, 0.717) is 66.8 Å². The first-order chi connectivity index (χ1) is 18.3. The van der Waals surface area contributed by atoms with Gasteiger partial charge in [-0.05, 0) is 90.6 Å². The number of carbonyl (C=O) groups is 3. The predicted molar refractivity (Wildman–Crippen MR) is 159 cm³/mol. The highest BCUT2D eigenvalue weighted by atomic mass is 32.1. The van der Waals surface area contributed by atoms with Crippen molar-refractivity contribution < 1.29 is 14.4 Å². The van der Waals surface area contributed by atoms with Crippen LogP contribution in [0.15, 0.2) is 12.1 Å². The summed E-state index contributed by atoms with van der Waals surface area (Å²) in [6, 6.07) is 4.33. The Morgan fingerprint density at radius 2 is 1.74 bits per heavy atom. The lowest BCUT2D eigenvalue weighted by molar-refractivity contribution is -0.159. The summed E-state index contributed by atoms with van der Waals surface area (Å²) in [4.78, 5) is 42.6. The van der Waals surface area contributed by atoms with Gasteiger partial charge in [-0.2, -0.15) is 0 Å². The van der Waals surface area contributed by atoms with Crippen molar-refractivity contribution in [2.45, 2.75) is 98.4 Å². The van der Waals surface area contributed by atoms with E-state index in [2.05, 4.69) is 71.1 Å². The Balaban J connectivity index is 1.27. The van der Waals surface area contributed by atoms with Crippen LogP contribution in [0.4, 0.5) is 5.00 Å². The minimum atomic E-state index is 0.0293. The van der Waals surface area contributed by atoms with Gasteiger partial charge >= 0.3 is 0 Å². The van der Waals surface area contributed by atoms with Crippen LogP contribution in [0, 0.1) is 52.3 Å². The van der Waals surface area contributed by atoms with E-state index in [0.717, 1.165) is 32.1 Å². The first-order valence-electron chi connectivity index (χ1n) is 15.5. The number of rotatable bonds is 7. The molecule has 1 amide bonds. The number of nitrogens with one attached hydrogen (secondary N) is 1. The number of fused-ring (bicyclic) bond motifs is 5. The molecule has 0 saturated heterocycles. The molecule has 1 N–H and O–H groups in total. The number of nitrogens with zero attached hydrogens (tertiary/aromatic N) is 1. The molecule has 4 saturated carbocycles. The van der Waals surface area contributed by atoms with Crippen molar-refractivity contribution >= 4 is 33.8 Å². The van der Waals surface area contributed by atoms with Crippen LogP contribution in [0.25, 0.3) is 0 Å². The summed E-state index contributed by atoms with van der Waals surface area (Å²) in [6.45, 7) is 11.5. The standard InChI is InChI=1S/C33H50N2O3S/c1-19(2)31(27-10-11-29(39-27)35(6)7)34-28(38)16-20(3)23-8-9-24-30-25(13-15-33(23,24)5)32(4)14-12-22(36)17-21(32)18-26(30)37/h10-11,19-21,23-25,30-31H,8-9,12-18H2,1-7H3,(H,34,38)/t20-,21+,23?,24+,25+,30+,31?,32+,33-/m1/s1. The van der Waals surface area contributed by atoms with Gasteiger partial charge in [-0.3, -0.25) is 14.4 Å². The minimum Gasteiger partial charge on any atom is -0.370 e. The molecule has 5 nitrogen and oxygen atoms in total. The molecular weight excluding hydrogens is 504 g/mol. The third kappa shape index (κ3) is 5.02. The molecule has 9 atom stereocenters. The van der Waals surface area contributed by atoms with Crippen LogP contribution in [0.3, 0.4) is 0 Å². The fourth-order valence-electron chi connectivity index (χ4n) is 9.68. The highest BCUT2D eigenvalue weighted by Crippen LogP contribution is 2.67. The van der Waals surface area contributed by atoms with Crippen LogP contribution in [0.5, 0.6) is 0 Å². The Labute approximate surface area is 239 Å². The third-order valence-corrected chi connectivity index (χ3v) is 13.2. The number of thiophene rings is 1. The second-order valence-electron chi connectivity index (χ2n) is 14.6. The molecule has 1 aromatic heterocycles. The Bertz CT molecular complexity index is 1110. The van der Waals surface area contributed by atoms with Crippen LogP contribution in [-0.4, -0.2) is 31.6 Å². The summed E-state index contributed by atoms with van der Waals surface area (Å²) in [6.07, 6.45) is 7.90. The summed E-state index contributed by atoms with van der Waals surface area (Å²) < 4.78 is 0. The number of ketones is 2. The Morgan fingerprint density at radius 3 is 2.41 bits per heavy atom. The summed E-state index contributed by atoms with van der Waals surface area (Å²) in [7, 11) is 4.11. The molecule has 0 bridgehead atoms. The fraction of sp³-hybridized carbons (Fsp3) is 0.788. The molecule has 6 heteroatoms. The van der Waals surface area contributed by atoms with Gasteiger partial charge in [0.2, 0.25) is 5.91 Å². The molecule has 0 aromatic carbocycles. The highest BCUT2D eigenvalue weighted by molar-refractivity contribution is 7.16. The van der Waals surface area contributed by atoms with Crippen LogP contribution in [0.2, 0.25) is 0 Å². The van der Waals surface area contributed by atoms with E-state index in [1.807, 2.05) is 0 Å². The zero-order valence-corrected chi connectivity index (χ0v) is 26.0. The SMILES string of the molecule is CC(C)C(NC(=O)C[C@@H](C)C1CC[C@H]2[C@@H]3C(=O)C[C@@H]4CC(=O)CC[C@]4(C)[C@H]3CC[C@]12C)c1ccc(N(C)C)s1. The zero-order chi connectivity index (χ0) is 28.3. The minimum absolute atomic E-state index is 0.0293. The normalized spacial score (nSPS) is 37.6. The number of hydrogen-bond donors (Lipinski definition) is 1. The molecule has 4 fully saturated rings. The molecule has 0 aliphatic heterocycles. The van der Waals surface area contributed by atoms with Crippen LogP contribution < -0.4 is 10.2 Å². The Hall–Kier alpha value is -1.69. The summed E-state index contributed by atoms with van der Waals surface area (Å²) in [5.74, 6) is 3.28. The molecular formula is C33H50N2O3S. The molecule has 2 unspecified atom stereocenters. The number of hydrogen-bond acceptors (Lipinski definition) is 5. The topological polar surface area (TPSA) is 66.5 Å². The van der Waals surface area contributed by atoms with E-state index in [4.69, 9.17) is 0 Å². The summed E-state index contributed by atoms with van der Waals surface area (Å²) in [5, 5.41) is 4.59. The van der Waals surface area contributed by atoms with Crippen molar-refractivity contribution in [3.8, 4) is 0 Å². The Kier molecular flexibility index (Phi) is 7.84. The van der Waals surface area contributed by atoms with Gasteiger partial charge in [0, 0.05) is 50.6 Å². The maximum atomic E-state index is 13.7. The van der Waals surface area contributed by atoms with Gasteiger partial charge in [-0.25, -0.2) is 0 Å².